The summed E-state index contributed by atoms with van der Waals surface area (Å²) in [6.45, 7) is 2.52. The highest BCUT2D eigenvalue weighted by Gasteiger charge is 2.46. The number of carbonyl (C=O) groups excluding carboxylic acids is 1. The fraction of sp³-hybridized carbons (Fsp3) is 0.385. The van der Waals surface area contributed by atoms with Gasteiger partial charge in [-0.1, -0.05) is 25.8 Å². The van der Waals surface area contributed by atoms with E-state index in [0.717, 1.165) is 57.6 Å². The second-order valence-electron chi connectivity index (χ2n) is 9.25. The largest absolute Gasteiger partial charge is 0.460 e. The topological polar surface area (TPSA) is 106 Å². The van der Waals surface area contributed by atoms with E-state index in [0.29, 0.717) is 31.4 Å². The van der Waals surface area contributed by atoms with E-state index in [1.165, 1.54) is 0 Å². The molecule has 0 spiro atoms. The minimum absolute atomic E-state index is 0.000662. The van der Waals surface area contributed by atoms with Crippen LogP contribution in [0, 0.1) is 0 Å². The van der Waals surface area contributed by atoms with Crippen molar-refractivity contribution in [3.63, 3.8) is 0 Å². The molecule has 0 saturated carbocycles. The molecule has 2 aromatic heterocycles. The van der Waals surface area contributed by atoms with E-state index < -0.39 is 5.41 Å². The molecule has 0 fully saturated rings. The summed E-state index contributed by atoms with van der Waals surface area (Å²) in [5, 5.41) is 13.4. The molecule has 0 saturated heterocycles. The first kappa shape index (κ1) is 21.0. The quantitative estimate of drug-likeness (QED) is 0.337. The number of cyclic esters (lactones) is 1. The summed E-state index contributed by atoms with van der Waals surface area (Å²) < 4.78 is 7.33. The number of rotatable bonds is 6. The van der Waals surface area contributed by atoms with Crippen molar-refractivity contribution in [1.82, 2.24) is 9.55 Å². The van der Waals surface area contributed by atoms with Gasteiger partial charge in [-0.05, 0) is 43.0 Å². The van der Waals surface area contributed by atoms with Crippen molar-refractivity contribution < 1.29 is 14.6 Å². The fourth-order valence-electron chi connectivity index (χ4n) is 5.75. The van der Waals surface area contributed by atoms with Gasteiger partial charge in [-0.3, -0.25) is 9.59 Å². The molecule has 1 aromatic carbocycles. The van der Waals surface area contributed by atoms with E-state index in [1.54, 1.807) is 10.9 Å². The monoisotopic (exact) mass is 458 g/mol. The molecule has 0 radical (unpaired) electrons. The third-order valence-electron chi connectivity index (χ3n) is 7.58. The molecule has 0 aliphatic carbocycles. The lowest BCUT2D eigenvalue weighted by molar-refractivity contribution is -0.155. The minimum Gasteiger partial charge on any atom is -0.460 e. The van der Waals surface area contributed by atoms with E-state index in [2.05, 4.69) is 10.3 Å². The zero-order valence-electron chi connectivity index (χ0n) is 19.1. The summed E-state index contributed by atoms with van der Waals surface area (Å²) in [6, 6.07) is 7.85. The van der Waals surface area contributed by atoms with Crippen LogP contribution in [0.15, 0.2) is 34.1 Å². The van der Waals surface area contributed by atoms with Gasteiger partial charge in [-0.25, -0.2) is 9.98 Å². The number of aliphatic hydroxyl groups is 1. The number of pyridine rings is 2. The van der Waals surface area contributed by atoms with Crippen molar-refractivity contribution in [1.29, 1.82) is 0 Å². The normalized spacial score (nSPS) is 19.4. The summed E-state index contributed by atoms with van der Waals surface area (Å²) >= 11 is 0. The van der Waals surface area contributed by atoms with Crippen LogP contribution >= 0.6 is 0 Å². The van der Waals surface area contributed by atoms with Gasteiger partial charge in [0.2, 0.25) is 0 Å². The number of hydrogen-bond donors (Lipinski definition) is 2. The molecule has 5 heterocycles. The summed E-state index contributed by atoms with van der Waals surface area (Å²) in [5.74, 6) is -0.266. The van der Waals surface area contributed by atoms with Gasteiger partial charge < -0.3 is 19.7 Å². The third-order valence-corrected chi connectivity index (χ3v) is 7.58. The van der Waals surface area contributed by atoms with Crippen LogP contribution in [0.4, 0.5) is 11.4 Å². The van der Waals surface area contributed by atoms with Crippen molar-refractivity contribution in [2.75, 3.05) is 11.9 Å². The molecule has 8 nitrogen and oxygen atoms in total. The van der Waals surface area contributed by atoms with Crippen LogP contribution in [0.1, 0.15) is 55.7 Å². The minimum atomic E-state index is -0.857. The van der Waals surface area contributed by atoms with Gasteiger partial charge in [-0.15, -0.1) is 0 Å². The lowest BCUT2D eigenvalue weighted by Crippen LogP contribution is -2.44. The molecule has 1 atom stereocenters. The number of nitrogens with zero attached hydrogens (tertiary/aromatic N) is 3. The summed E-state index contributed by atoms with van der Waals surface area (Å²) in [4.78, 5) is 36.2. The van der Waals surface area contributed by atoms with Crippen LogP contribution in [0.2, 0.25) is 0 Å². The highest BCUT2D eigenvalue weighted by Crippen LogP contribution is 2.46. The first-order valence-corrected chi connectivity index (χ1v) is 11.9. The fourth-order valence-corrected chi connectivity index (χ4v) is 5.75. The Bertz CT molecular complexity index is 1440. The molecular weight excluding hydrogens is 432 g/mol. The Morgan fingerprint density at radius 3 is 2.91 bits per heavy atom. The number of aliphatic hydroxyl groups excluding tert-OH is 1. The lowest BCUT2D eigenvalue weighted by atomic mass is 9.71. The van der Waals surface area contributed by atoms with Gasteiger partial charge in [0.15, 0.2) is 0 Å². The third kappa shape index (κ3) is 2.81. The zero-order valence-corrected chi connectivity index (χ0v) is 19.1. The molecule has 0 amide bonds. The van der Waals surface area contributed by atoms with E-state index >= 15 is 0 Å². The lowest BCUT2D eigenvalue weighted by Gasteiger charge is -2.36. The molecule has 2 N–H and O–H groups in total. The zero-order chi connectivity index (χ0) is 23.4. The molecule has 3 aliphatic rings. The predicted octanol–water partition coefficient (Wildman–Crippen LogP) is 3.77. The molecule has 0 bridgehead atoms. The number of benzene rings is 1. The van der Waals surface area contributed by atoms with E-state index in [1.807, 2.05) is 31.2 Å². The second kappa shape index (κ2) is 7.77. The Balaban J connectivity index is 1.55. The number of esters is 1. The van der Waals surface area contributed by atoms with Crippen molar-refractivity contribution in [3.8, 4) is 11.4 Å². The van der Waals surface area contributed by atoms with Gasteiger partial charge in [0.05, 0.1) is 52.1 Å². The highest BCUT2D eigenvalue weighted by molar-refractivity contribution is 6.10. The molecule has 34 heavy (non-hydrogen) atoms. The van der Waals surface area contributed by atoms with E-state index in [-0.39, 0.29) is 24.7 Å². The standard InChI is InChI=1S/C26H26N4O4/c1-2-26(9-4-3-5-10-31)17-11-20-22-15(12-30(20)24(32)16(17)13-34-25(26)33)23-21-18(27-14-28-23)7-6-8-19(21)29-22/h6-8,11,14,31H,2-5,9-10,12-13H2,1H3,(H,27,28)/t26-/m0/s1. The van der Waals surface area contributed by atoms with Crippen molar-refractivity contribution >= 4 is 34.6 Å². The second-order valence-corrected chi connectivity index (χ2v) is 9.25. The Labute approximate surface area is 196 Å². The predicted molar refractivity (Wildman–Crippen MR) is 130 cm³/mol. The molecule has 3 aliphatic heterocycles. The number of carbonyl (C=O) groups is 1. The van der Waals surface area contributed by atoms with Gasteiger partial charge in [0.25, 0.3) is 5.56 Å². The van der Waals surface area contributed by atoms with Crippen LogP contribution in [0.5, 0.6) is 0 Å². The summed E-state index contributed by atoms with van der Waals surface area (Å²) in [7, 11) is 0. The molecule has 3 aromatic rings. The Morgan fingerprint density at radius 2 is 2.09 bits per heavy atom. The van der Waals surface area contributed by atoms with Crippen LogP contribution in [0.3, 0.4) is 0 Å². The SMILES string of the molecule is CC[C@@]1(CCCCCO)C(=O)OCc2c1cc1n(c2=O)Cc2c-1nc1cccc3c1c2NC=N3. The van der Waals surface area contributed by atoms with Crippen molar-refractivity contribution in [2.24, 2.45) is 4.99 Å². The molecule has 174 valence electrons. The van der Waals surface area contributed by atoms with E-state index in [9.17, 15) is 9.59 Å². The first-order chi connectivity index (χ1) is 16.6. The van der Waals surface area contributed by atoms with Gasteiger partial charge in [0, 0.05) is 17.6 Å². The average molecular weight is 459 g/mol. The Hall–Kier alpha value is -3.52. The number of aliphatic imine (C=N–C) groups is 1. The van der Waals surface area contributed by atoms with Crippen LogP contribution in [0.25, 0.3) is 22.3 Å². The average Bonchev–Trinajstić information content (AvgIpc) is 3.23. The molecule has 6 rings (SSSR count). The van der Waals surface area contributed by atoms with Gasteiger partial charge >= 0.3 is 5.97 Å². The van der Waals surface area contributed by atoms with Crippen LogP contribution < -0.4 is 10.9 Å². The van der Waals surface area contributed by atoms with Crippen molar-refractivity contribution in [2.45, 2.75) is 57.6 Å². The molecule has 8 heteroatoms. The summed E-state index contributed by atoms with van der Waals surface area (Å²) in [6.07, 6.45) is 5.10. The Morgan fingerprint density at radius 1 is 1.21 bits per heavy atom. The van der Waals surface area contributed by atoms with Gasteiger partial charge in [0.1, 0.15) is 6.61 Å². The number of unbranched alkanes of at least 4 members (excludes halogenated alkanes) is 2. The number of hydrogen-bond acceptors (Lipinski definition) is 7. The first-order valence-electron chi connectivity index (χ1n) is 11.9. The Kier molecular flexibility index (Phi) is 4.81. The maximum absolute atomic E-state index is 13.7. The van der Waals surface area contributed by atoms with Gasteiger partial charge in [-0.2, -0.15) is 0 Å². The molecular formula is C26H26N4O4. The maximum atomic E-state index is 13.7. The number of ether oxygens (including phenoxy) is 1. The number of fused-ring (bicyclic) bond motifs is 5. The van der Waals surface area contributed by atoms with Crippen LogP contribution in [-0.2, 0) is 28.1 Å². The van der Waals surface area contributed by atoms with Crippen LogP contribution in [-0.4, -0.2) is 33.6 Å². The number of nitrogens with one attached hydrogen (secondary N) is 1. The smallest absolute Gasteiger partial charge is 0.316 e. The maximum Gasteiger partial charge on any atom is 0.316 e. The number of aromatic nitrogens is 2. The molecule has 0 unspecified atom stereocenters. The van der Waals surface area contributed by atoms with Crippen molar-refractivity contribution in [3.05, 3.63) is 51.3 Å². The number of anilines is 1. The summed E-state index contributed by atoms with van der Waals surface area (Å²) in [5.41, 5.74) is 5.45. The highest BCUT2D eigenvalue weighted by atomic mass is 16.5. The van der Waals surface area contributed by atoms with E-state index in [4.69, 9.17) is 14.8 Å².